The lowest BCUT2D eigenvalue weighted by atomic mass is 9.44. The Morgan fingerprint density at radius 1 is 1.07 bits per heavy atom. The molecular formula is C26H35NO. The molecule has 5 unspecified atom stereocenters. The summed E-state index contributed by atoms with van der Waals surface area (Å²) in [6.45, 7) is 9.47. The van der Waals surface area contributed by atoms with Gasteiger partial charge in [0.25, 0.3) is 0 Å². The summed E-state index contributed by atoms with van der Waals surface area (Å²) in [5.41, 5.74) is 4.41. The van der Waals surface area contributed by atoms with E-state index in [4.69, 9.17) is 0 Å². The van der Waals surface area contributed by atoms with Gasteiger partial charge in [-0.3, -0.25) is 4.98 Å². The van der Waals surface area contributed by atoms with Crippen molar-refractivity contribution in [3.63, 3.8) is 0 Å². The van der Waals surface area contributed by atoms with Crippen LogP contribution in [0, 0.1) is 34.5 Å². The summed E-state index contributed by atoms with van der Waals surface area (Å²) in [7, 11) is 0. The summed E-state index contributed by atoms with van der Waals surface area (Å²) >= 11 is 0. The summed E-state index contributed by atoms with van der Waals surface area (Å²) in [4.78, 5) is 4.40. The third-order valence-corrected chi connectivity index (χ3v) is 9.24. The molecule has 1 aromatic rings. The summed E-state index contributed by atoms with van der Waals surface area (Å²) < 4.78 is 0. The maximum atomic E-state index is 10.7. The maximum Gasteiger partial charge on any atom is 0.0802 e. The number of hydrogen-bond donors (Lipinski definition) is 1. The van der Waals surface area contributed by atoms with Gasteiger partial charge >= 0.3 is 0 Å². The molecule has 4 aliphatic carbocycles. The van der Waals surface area contributed by atoms with Crippen LogP contribution in [-0.2, 0) is 0 Å². The Balaban J connectivity index is 1.50. The molecule has 0 saturated heterocycles. The Labute approximate surface area is 170 Å². The molecule has 1 heterocycles. The number of nitrogens with zero attached hydrogens (tertiary/aromatic N) is 1. The SMILES string of the molecule is CC1CC2C(CC[C@]3(C)C(c4cccnc4)=CCC23)[C@@]2(C)CCC(C)(O)C=C12. The van der Waals surface area contributed by atoms with Crippen molar-refractivity contribution in [1.29, 1.82) is 0 Å². The van der Waals surface area contributed by atoms with Crippen LogP contribution in [0.5, 0.6) is 0 Å². The van der Waals surface area contributed by atoms with Crippen molar-refractivity contribution in [1.82, 2.24) is 4.98 Å². The fraction of sp³-hybridized carbons (Fsp3) is 0.654. The first kappa shape index (κ1) is 18.6. The normalized spacial score (nSPS) is 47.5. The summed E-state index contributed by atoms with van der Waals surface area (Å²) in [5, 5.41) is 10.7. The number of hydrogen-bond acceptors (Lipinski definition) is 2. The van der Waals surface area contributed by atoms with Crippen LogP contribution in [0.1, 0.15) is 71.8 Å². The molecule has 1 N–H and O–H groups in total. The molecule has 28 heavy (non-hydrogen) atoms. The van der Waals surface area contributed by atoms with Crippen molar-refractivity contribution < 1.29 is 5.11 Å². The molecule has 0 bridgehead atoms. The van der Waals surface area contributed by atoms with Gasteiger partial charge in [-0.2, -0.15) is 0 Å². The average molecular weight is 378 g/mol. The van der Waals surface area contributed by atoms with E-state index in [9.17, 15) is 5.11 Å². The van der Waals surface area contributed by atoms with E-state index in [0.29, 0.717) is 11.3 Å². The van der Waals surface area contributed by atoms with Gasteiger partial charge in [-0.25, -0.2) is 0 Å². The van der Waals surface area contributed by atoms with Crippen LogP contribution in [-0.4, -0.2) is 15.7 Å². The first-order chi connectivity index (χ1) is 13.2. The van der Waals surface area contributed by atoms with E-state index in [1.807, 2.05) is 13.1 Å². The van der Waals surface area contributed by atoms with Crippen molar-refractivity contribution in [3.05, 3.63) is 47.8 Å². The minimum atomic E-state index is -0.610. The topological polar surface area (TPSA) is 33.1 Å². The largest absolute Gasteiger partial charge is 0.386 e. The standard InChI is InChI=1S/C26H35NO/c1-17-14-19-21-8-7-20(18-6-5-13-27-16-18)25(21,3)10-9-22(19)26(4)12-11-24(2,28)15-23(17)26/h5-7,13,15-17,19,21-22,28H,8-12,14H2,1-4H3/t17?,19?,21?,22?,24?,25-,26-/m1/s1. The number of fused-ring (bicyclic) bond motifs is 5. The predicted octanol–water partition coefficient (Wildman–Crippen LogP) is 6.03. The highest BCUT2D eigenvalue weighted by Crippen LogP contribution is 2.67. The molecule has 7 atom stereocenters. The van der Waals surface area contributed by atoms with Crippen LogP contribution in [0.15, 0.2) is 42.3 Å². The highest BCUT2D eigenvalue weighted by atomic mass is 16.3. The fourth-order valence-electron chi connectivity index (χ4n) is 7.81. The van der Waals surface area contributed by atoms with Gasteiger partial charge < -0.3 is 5.11 Å². The Morgan fingerprint density at radius 3 is 2.64 bits per heavy atom. The number of aliphatic hydroxyl groups is 1. The molecular weight excluding hydrogens is 342 g/mol. The molecule has 2 heteroatoms. The summed E-state index contributed by atoms with van der Waals surface area (Å²) in [5.74, 6) is 2.91. The van der Waals surface area contributed by atoms with Crippen LogP contribution < -0.4 is 0 Å². The van der Waals surface area contributed by atoms with Gasteiger partial charge in [0.2, 0.25) is 0 Å². The van der Waals surface area contributed by atoms with Crippen LogP contribution in [0.3, 0.4) is 0 Å². The molecule has 0 spiro atoms. The van der Waals surface area contributed by atoms with Crippen LogP contribution in [0.4, 0.5) is 0 Å². The van der Waals surface area contributed by atoms with Gasteiger partial charge in [0.15, 0.2) is 0 Å². The number of rotatable bonds is 1. The first-order valence-corrected chi connectivity index (χ1v) is 11.3. The lowest BCUT2D eigenvalue weighted by Crippen LogP contribution is -2.52. The molecule has 2 saturated carbocycles. The Morgan fingerprint density at radius 2 is 1.89 bits per heavy atom. The Kier molecular flexibility index (Phi) is 4.02. The van der Waals surface area contributed by atoms with Crippen LogP contribution in [0.25, 0.3) is 5.57 Å². The molecule has 0 radical (unpaired) electrons. The monoisotopic (exact) mass is 377 g/mol. The second-order valence-corrected chi connectivity index (χ2v) is 10.9. The lowest BCUT2D eigenvalue weighted by molar-refractivity contribution is -0.0498. The van der Waals surface area contributed by atoms with Gasteiger partial charge in [-0.1, -0.05) is 44.6 Å². The molecule has 5 rings (SSSR count). The van der Waals surface area contributed by atoms with Gasteiger partial charge in [-0.15, -0.1) is 0 Å². The van der Waals surface area contributed by atoms with E-state index in [1.165, 1.54) is 31.2 Å². The van der Waals surface area contributed by atoms with Crippen LogP contribution >= 0.6 is 0 Å². The average Bonchev–Trinajstić information content (AvgIpc) is 3.01. The van der Waals surface area contributed by atoms with Crippen molar-refractivity contribution in [2.24, 2.45) is 34.5 Å². The highest BCUT2D eigenvalue weighted by Gasteiger charge is 2.58. The van der Waals surface area contributed by atoms with E-state index in [-0.39, 0.29) is 5.41 Å². The third kappa shape index (κ3) is 2.53. The molecule has 0 amide bonds. The lowest BCUT2D eigenvalue weighted by Gasteiger charge is -2.60. The maximum absolute atomic E-state index is 10.7. The highest BCUT2D eigenvalue weighted by molar-refractivity contribution is 5.72. The van der Waals surface area contributed by atoms with E-state index in [1.54, 1.807) is 11.1 Å². The van der Waals surface area contributed by atoms with Crippen molar-refractivity contribution in [2.45, 2.75) is 71.8 Å². The van der Waals surface area contributed by atoms with Crippen molar-refractivity contribution in [3.8, 4) is 0 Å². The second kappa shape index (κ2) is 6.05. The summed E-state index contributed by atoms with van der Waals surface area (Å²) in [6.07, 6.45) is 15.9. The summed E-state index contributed by atoms with van der Waals surface area (Å²) in [6, 6.07) is 4.32. The smallest absolute Gasteiger partial charge is 0.0802 e. The number of aromatic nitrogens is 1. The van der Waals surface area contributed by atoms with E-state index in [2.05, 4.69) is 56.2 Å². The van der Waals surface area contributed by atoms with E-state index < -0.39 is 5.60 Å². The number of pyridine rings is 1. The minimum Gasteiger partial charge on any atom is -0.386 e. The Hall–Kier alpha value is -1.41. The van der Waals surface area contributed by atoms with E-state index >= 15 is 0 Å². The predicted molar refractivity (Wildman–Crippen MR) is 114 cm³/mol. The second-order valence-electron chi connectivity index (χ2n) is 10.9. The molecule has 0 aliphatic heterocycles. The molecule has 2 fully saturated rings. The Bertz CT molecular complexity index is 837. The quantitative estimate of drug-likeness (QED) is 0.606. The first-order valence-electron chi connectivity index (χ1n) is 11.3. The molecule has 150 valence electrons. The minimum absolute atomic E-state index is 0.281. The number of allylic oxidation sites excluding steroid dienone is 3. The van der Waals surface area contributed by atoms with Crippen LogP contribution in [0.2, 0.25) is 0 Å². The molecule has 2 nitrogen and oxygen atoms in total. The third-order valence-electron chi connectivity index (χ3n) is 9.24. The molecule has 4 aliphatic rings. The fourth-order valence-corrected chi connectivity index (χ4v) is 7.81. The van der Waals surface area contributed by atoms with E-state index in [0.717, 1.165) is 30.6 Å². The van der Waals surface area contributed by atoms with Gasteiger partial charge in [0.05, 0.1) is 5.60 Å². The van der Waals surface area contributed by atoms with Crippen molar-refractivity contribution in [2.75, 3.05) is 0 Å². The van der Waals surface area contributed by atoms with Gasteiger partial charge in [0.1, 0.15) is 0 Å². The zero-order valence-corrected chi connectivity index (χ0v) is 17.9. The molecule has 1 aromatic heterocycles. The zero-order valence-electron chi connectivity index (χ0n) is 17.9. The van der Waals surface area contributed by atoms with Gasteiger partial charge in [0, 0.05) is 12.4 Å². The van der Waals surface area contributed by atoms with Gasteiger partial charge in [-0.05, 0) is 97.2 Å². The van der Waals surface area contributed by atoms with Crippen molar-refractivity contribution >= 4 is 5.57 Å². The zero-order chi connectivity index (χ0) is 19.7. The molecule has 0 aromatic carbocycles.